The Morgan fingerprint density at radius 1 is 1.20 bits per heavy atom. The van der Waals surface area contributed by atoms with Gasteiger partial charge in [0.1, 0.15) is 11.6 Å². The number of benzene rings is 2. The number of carboxylic acids is 1. The van der Waals surface area contributed by atoms with Crippen molar-refractivity contribution in [3.05, 3.63) is 54.7 Å². The first-order valence-corrected chi connectivity index (χ1v) is 10.9. The van der Waals surface area contributed by atoms with Crippen LogP contribution >= 0.6 is 68.7 Å². The lowest BCUT2D eigenvalue weighted by atomic mass is 10.1. The molecular formula is C16H10F2I2O3S2. The van der Waals surface area contributed by atoms with Gasteiger partial charge < -0.3 is 5.11 Å². The first-order valence-electron chi connectivity index (χ1n) is 6.73. The first-order chi connectivity index (χ1) is 11.8. The van der Waals surface area contributed by atoms with Crippen LogP contribution in [0.2, 0.25) is 0 Å². The molecule has 1 aliphatic heterocycles. The number of thioether (sulfide) groups is 2. The molecule has 0 bridgehead atoms. The van der Waals surface area contributed by atoms with E-state index in [1.54, 1.807) is 12.1 Å². The number of halogens is 4. The third-order valence-electron chi connectivity index (χ3n) is 2.93. The number of carbonyl (C=O) groups is 2. The molecule has 25 heavy (non-hydrogen) atoms. The summed E-state index contributed by atoms with van der Waals surface area (Å²) in [5, 5.41) is 8.42. The highest BCUT2D eigenvalue weighted by molar-refractivity contribution is 14.1. The van der Waals surface area contributed by atoms with Crippen LogP contribution in [0.5, 0.6) is 0 Å². The summed E-state index contributed by atoms with van der Waals surface area (Å²) in [5.74, 6) is -1.38. The second-order valence-corrected chi connectivity index (χ2v) is 9.03. The number of ketones is 1. The van der Waals surface area contributed by atoms with E-state index in [9.17, 15) is 18.4 Å². The largest absolute Gasteiger partial charge is 0.481 e. The summed E-state index contributed by atoms with van der Waals surface area (Å²) in [6.07, 6.45) is 0. The minimum Gasteiger partial charge on any atom is -0.481 e. The zero-order chi connectivity index (χ0) is 18.6. The first kappa shape index (κ1) is 20.9. The van der Waals surface area contributed by atoms with E-state index in [2.05, 4.69) is 22.6 Å². The molecule has 2 aromatic rings. The summed E-state index contributed by atoms with van der Waals surface area (Å²) in [7, 11) is 0. The van der Waals surface area contributed by atoms with Crippen molar-refractivity contribution >= 4 is 80.5 Å². The molecular weight excluding hydrogens is 596 g/mol. The van der Waals surface area contributed by atoms with Crippen molar-refractivity contribution in [1.29, 1.82) is 0 Å². The van der Waals surface area contributed by atoms with Crippen LogP contribution in [0, 0.1) is 18.8 Å². The Bertz CT molecular complexity index is 831. The molecule has 3 rings (SSSR count). The molecule has 0 saturated heterocycles. The van der Waals surface area contributed by atoms with Gasteiger partial charge in [0.2, 0.25) is 0 Å². The van der Waals surface area contributed by atoms with Crippen molar-refractivity contribution in [2.24, 2.45) is 0 Å². The third kappa shape index (κ3) is 5.79. The van der Waals surface area contributed by atoms with Crippen LogP contribution in [0.15, 0.2) is 40.1 Å². The summed E-state index contributed by atoms with van der Waals surface area (Å²) in [6.45, 7) is 0. The summed E-state index contributed by atoms with van der Waals surface area (Å²) in [4.78, 5) is 22.9. The van der Waals surface area contributed by atoms with Gasteiger partial charge in [0, 0.05) is 16.9 Å². The van der Waals surface area contributed by atoms with Crippen molar-refractivity contribution in [1.82, 2.24) is 0 Å². The number of hydrogen-bond acceptors (Lipinski definition) is 4. The Balaban J connectivity index is 0.000000181. The molecule has 1 N–H and O–H groups in total. The van der Waals surface area contributed by atoms with Crippen LogP contribution in [0.4, 0.5) is 8.78 Å². The SMILES string of the molecule is O=C(O)CSc1cc(F)ccc1I.O=C1CSc2c(I)ccc(F)c21. The standard InChI is InChI=1S/C8H6FIO2S.C8H4FIOS/c9-5-1-2-6(10)7(3-5)13-4-8(11)12;9-4-1-2-5(10)8-7(4)6(11)3-12-8/h1-3H,4H2,(H,11,12);1-2H,3H2. The van der Waals surface area contributed by atoms with Gasteiger partial charge in [-0.3, -0.25) is 9.59 Å². The second kappa shape index (κ2) is 9.51. The molecule has 0 unspecified atom stereocenters. The van der Waals surface area contributed by atoms with Crippen molar-refractivity contribution in [2.45, 2.75) is 9.79 Å². The highest BCUT2D eigenvalue weighted by atomic mass is 127. The zero-order valence-electron chi connectivity index (χ0n) is 12.4. The summed E-state index contributed by atoms with van der Waals surface area (Å²) < 4.78 is 27.6. The smallest absolute Gasteiger partial charge is 0.313 e. The minimum atomic E-state index is -0.898. The maximum atomic E-state index is 13.1. The van der Waals surface area contributed by atoms with Gasteiger partial charge in [-0.1, -0.05) is 0 Å². The van der Waals surface area contributed by atoms with Crippen LogP contribution in [0.3, 0.4) is 0 Å². The average Bonchev–Trinajstić information content (AvgIpc) is 2.96. The van der Waals surface area contributed by atoms with E-state index >= 15 is 0 Å². The molecule has 2 aromatic carbocycles. The van der Waals surface area contributed by atoms with E-state index in [0.29, 0.717) is 10.6 Å². The number of rotatable bonds is 3. The molecule has 0 aromatic heterocycles. The molecule has 0 spiro atoms. The van der Waals surface area contributed by atoms with Gasteiger partial charge in [-0.25, -0.2) is 8.78 Å². The predicted molar refractivity (Wildman–Crippen MR) is 112 cm³/mol. The van der Waals surface area contributed by atoms with Gasteiger partial charge in [0.25, 0.3) is 0 Å². The summed E-state index contributed by atoms with van der Waals surface area (Å²) in [6, 6.07) is 7.37. The van der Waals surface area contributed by atoms with Crippen LogP contribution in [-0.2, 0) is 4.79 Å². The minimum absolute atomic E-state index is 0.0422. The number of aliphatic carboxylic acids is 1. The molecule has 3 nitrogen and oxygen atoms in total. The normalized spacial score (nSPS) is 12.4. The molecule has 1 aliphatic rings. The van der Waals surface area contributed by atoms with Gasteiger partial charge >= 0.3 is 5.97 Å². The van der Waals surface area contributed by atoms with E-state index in [1.807, 2.05) is 22.6 Å². The van der Waals surface area contributed by atoms with Gasteiger partial charge in [0.15, 0.2) is 5.78 Å². The topological polar surface area (TPSA) is 54.4 Å². The van der Waals surface area contributed by atoms with E-state index in [1.165, 1.54) is 30.0 Å². The van der Waals surface area contributed by atoms with Crippen LogP contribution < -0.4 is 0 Å². The number of carbonyl (C=O) groups excluding carboxylic acids is 1. The van der Waals surface area contributed by atoms with E-state index in [-0.39, 0.29) is 28.7 Å². The summed E-state index contributed by atoms with van der Waals surface area (Å²) >= 11 is 6.70. The molecule has 0 aliphatic carbocycles. The number of Topliss-reactive ketones (excluding diaryl/α,β-unsaturated/α-hetero) is 1. The fraction of sp³-hybridized carbons (Fsp3) is 0.125. The molecule has 0 radical (unpaired) electrons. The Kier molecular flexibility index (Phi) is 7.95. The highest BCUT2D eigenvalue weighted by Crippen LogP contribution is 2.36. The van der Waals surface area contributed by atoms with Crippen LogP contribution in [0.25, 0.3) is 0 Å². The predicted octanol–water partition coefficient (Wildman–Crippen LogP) is 5.33. The maximum absolute atomic E-state index is 13.1. The van der Waals surface area contributed by atoms with Crippen molar-refractivity contribution in [3.8, 4) is 0 Å². The lowest BCUT2D eigenvalue weighted by molar-refractivity contribution is -0.133. The quantitative estimate of drug-likeness (QED) is 0.379. The molecule has 0 atom stereocenters. The average molecular weight is 606 g/mol. The lowest BCUT2D eigenvalue weighted by Gasteiger charge is -2.01. The van der Waals surface area contributed by atoms with E-state index < -0.39 is 5.97 Å². The molecule has 0 saturated carbocycles. The molecule has 0 fully saturated rings. The Morgan fingerprint density at radius 3 is 2.52 bits per heavy atom. The number of hydrogen-bond donors (Lipinski definition) is 1. The Hall–Kier alpha value is -0.400. The van der Waals surface area contributed by atoms with Crippen LogP contribution in [-0.4, -0.2) is 28.4 Å². The van der Waals surface area contributed by atoms with E-state index in [0.717, 1.165) is 23.8 Å². The molecule has 1 heterocycles. The number of fused-ring (bicyclic) bond motifs is 1. The summed E-state index contributed by atoms with van der Waals surface area (Å²) in [5.41, 5.74) is 0.284. The Morgan fingerprint density at radius 2 is 1.88 bits per heavy atom. The van der Waals surface area contributed by atoms with Crippen molar-refractivity contribution < 1.29 is 23.5 Å². The highest BCUT2D eigenvalue weighted by Gasteiger charge is 2.25. The fourth-order valence-electron chi connectivity index (χ4n) is 1.87. The lowest BCUT2D eigenvalue weighted by Crippen LogP contribution is -1.99. The zero-order valence-corrected chi connectivity index (χ0v) is 18.3. The molecule has 9 heteroatoms. The third-order valence-corrected chi connectivity index (χ3v) is 7.66. The molecule has 132 valence electrons. The van der Waals surface area contributed by atoms with Gasteiger partial charge in [-0.2, -0.15) is 0 Å². The fourth-order valence-corrected chi connectivity index (χ4v) is 5.25. The van der Waals surface area contributed by atoms with E-state index in [4.69, 9.17) is 5.11 Å². The van der Waals surface area contributed by atoms with Crippen LogP contribution in [0.1, 0.15) is 10.4 Å². The van der Waals surface area contributed by atoms with Gasteiger partial charge in [0.05, 0.1) is 17.1 Å². The monoisotopic (exact) mass is 606 g/mol. The van der Waals surface area contributed by atoms with Gasteiger partial charge in [-0.15, -0.1) is 23.5 Å². The maximum Gasteiger partial charge on any atom is 0.313 e. The Labute approximate surface area is 178 Å². The number of carboxylic acid groups (broad SMARTS) is 1. The van der Waals surface area contributed by atoms with Gasteiger partial charge in [-0.05, 0) is 75.5 Å². The molecule has 0 amide bonds. The second-order valence-electron chi connectivity index (χ2n) is 4.70. The van der Waals surface area contributed by atoms with Crippen molar-refractivity contribution in [3.63, 3.8) is 0 Å². The van der Waals surface area contributed by atoms with Crippen molar-refractivity contribution in [2.75, 3.05) is 11.5 Å².